The molecule has 10 nitrogen and oxygen atoms in total. The molecule has 11 heteroatoms. The van der Waals surface area contributed by atoms with Crippen molar-refractivity contribution in [2.45, 2.75) is 49.1 Å². The lowest BCUT2D eigenvalue weighted by atomic mass is 10.1. The minimum absolute atomic E-state index is 0.212. The number of unbranched alkanes of at least 4 members (excludes halogenated alkanes) is 1. The number of nitrogens with one attached hydrogen (secondary N) is 1. The molecular formula is C41H44N4O6S. The molecule has 1 aliphatic heterocycles. The standard InChI is InChI=1S/C41H44N4O6S/c1-51-32-21-19-31(20-22-32)28-52-35(18-10-11-25-45-39(48)33-16-8-9-17-34(33)40(45)49)38(47)43-36(37(42)46)41(50)44(26-23-29-12-4-2-5-13-29)27-24-30-14-6-3-7-15-30/h2-9,12-17,19-22,35-36H,10-11,18,23-28H2,1H3,(H2,42,46)(H,43,47)/t35-,36?/m0/s1. The second-order valence-electron chi connectivity index (χ2n) is 12.6. The summed E-state index contributed by atoms with van der Waals surface area (Å²) in [7, 11) is 1.59. The molecule has 0 fully saturated rings. The number of benzene rings is 4. The van der Waals surface area contributed by atoms with E-state index in [0.29, 0.717) is 67.8 Å². The lowest BCUT2D eigenvalue weighted by molar-refractivity contribution is -0.141. The highest BCUT2D eigenvalue weighted by atomic mass is 32.2. The predicted octanol–water partition coefficient (Wildman–Crippen LogP) is 5.05. The van der Waals surface area contributed by atoms with Gasteiger partial charge in [-0.15, -0.1) is 11.8 Å². The molecule has 0 aliphatic carbocycles. The van der Waals surface area contributed by atoms with Crippen molar-refractivity contribution in [2.24, 2.45) is 5.73 Å². The maximum absolute atomic E-state index is 14.0. The quantitative estimate of drug-likeness (QED) is 0.0786. The van der Waals surface area contributed by atoms with Crippen molar-refractivity contribution >= 4 is 41.3 Å². The van der Waals surface area contributed by atoms with Crippen LogP contribution in [0.3, 0.4) is 0 Å². The first-order valence-corrected chi connectivity index (χ1v) is 18.5. The molecule has 0 saturated carbocycles. The normalized spacial score (nSPS) is 13.3. The van der Waals surface area contributed by atoms with Gasteiger partial charge in [0.25, 0.3) is 17.7 Å². The Bertz CT molecular complexity index is 1760. The van der Waals surface area contributed by atoms with Crippen molar-refractivity contribution in [1.29, 1.82) is 0 Å². The number of nitrogens with zero attached hydrogens (tertiary/aromatic N) is 2. The molecule has 1 unspecified atom stereocenters. The van der Waals surface area contributed by atoms with E-state index in [1.165, 1.54) is 16.7 Å². The van der Waals surface area contributed by atoms with Gasteiger partial charge in [0.2, 0.25) is 11.8 Å². The Morgan fingerprint density at radius 2 is 1.29 bits per heavy atom. The fourth-order valence-corrected chi connectivity index (χ4v) is 7.21. The van der Waals surface area contributed by atoms with Crippen molar-refractivity contribution in [2.75, 3.05) is 26.7 Å². The Morgan fingerprint density at radius 1 is 0.750 bits per heavy atom. The van der Waals surface area contributed by atoms with Crippen molar-refractivity contribution < 1.29 is 28.7 Å². The summed E-state index contributed by atoms with van der Waals surface area (Å²) in [5, 5.41) is 2.04. The van der Waals surface area contributed by atoms with Crippen molar-refractivity contribution in [3.63, 3.8) is 0 Å². The molecule has 0 aromatic heterocycles. The first-order valence-electron chi connectivity index (χ1n) is 17.4. The number of amides is 5. The van der Waals surface area contributed by atoms with Crippen LogP contribution in [0.5, 0.6) is 5.75 Å². The minimum Gasteiger partial charge on any atom is -0.497 e. The second kappa shape index (κ2) is 18.7. The number of carbonyl (C=O) groups is 5. The maximum Gasteiger partial charge on any atom is 0.261 e. The molecule has 4 aromatic carbocycles. The second-order valence-corrected chi connectivity index (χ2v) is 13.8. The third-order valence-electron chi connectivity index (χ3n) is 9.04. The largest absolute Gasteiger partial charge is 0.497 e. The summed E-state index contributed by atoms with van der Waals surface area (Å²) in [6, 6.07) is 32.2. The number of ether oxygens (including phenoxy) is 1. The predicted molar refractivity (Wildman–Crippen MR) is 202 cm³/mol. The molecule has 5 amide bonds. The van der Waals surface area contributed by atoms with Crippen LogP contribution in [0.2, 0.25) is 0 Å². The van der Waals surface area contributed by atoms with Gasteiger partial charge in [-0.2, -0.15) is 0 Å². The van der Waals surface area contributed by atoms with Gasteiger partial charge in [0.05, 0.1) is 23.5 Å². The molecule has 52 heavy (non-hydrogen) atoms. The van der Waals surface area contributed by atoms with Crippen LogP contribution in [-0.2, 0) is 33.0 Å². The summed E-state index contributed by atoms with van der Waals surface area (Å²) in [6.07, 6.45) is 2.49. The molecule has 1 heterocycles. The van der Waals surface area contributed by atoms with Crippen molar-refractivity contribution in [3.8, 4) is 5.75 Å². The van der Waals surface area contributed by atoms with E-state index in [1.807, 2.05) is 84.9 Å². The number of thioether (sulfide) groups is 1. The number of fused-ring (bicyclic) bond motifs is 1. The number of carbonyl (C=O) groups excluding carboxylic acids is 5. The van der Waals surface area contributed by atoms with Gasteiger partial charge in [-0.05, 0) is 66.6 Å². The number of imide groups is 1. The zero-order valence-corrected chi connectivity index (χ0v) is 30.1. The highest BCUT2D eigenvalue weighted by Gasteiger charge is 2.35. The summed E-state index contributed by atoms with van der Waals surface area (Å²) in [5.41, 5.74) is 9.62. The van der Waals surface area contributed by atoms with Crippen LogP contribution in [0.4, 0.5) is 0 Å². The minimum atomic E-state index is -1.55. The number of primary amides is 1. The van der Waals surface area contributed by atoms with Crippen LogP contribution in [0.25, 0.3) is 0 Å². The summed E-state index contributed by atoms with van der Waals surface area (Å²) >= 11 is 1.38. The highest BCUT2D eigenvalue weighted by Crippen LogP contribution is 2.26. The number of rotatable bonds is 19. The topological polar surface area (TPSA) is 139 Å². The van der Waals surface area contributed by atoms with Gasteiger partial charge in [0, 0.05) is 25.4 Å². The van der Waals surface area contributed by atoms with E-state index in [0.717, 1.165) is 16.7 Å². The van der Waals surface area contributed by atoms with Crippen LogP contribution in [0.15, 0.2) is 109 Å². The Labute approximate surface area is 308 Å². The fraction of sp³-hybridized carbons (Fsp3) is 0.293. The Balaban J connectivity index is 1.26. The fourth-order valence-electron chi connectivity index (χ4n) is 6.07. The van der Waals surface area contributed by atoms with E-state index >= 15 is 0 Å². The van der Waals surface area contributed by atoms with Gasteiger partial charge in [-0.3, -0.25) is 28.9 Å². The van der Waals surface area contributed by atoms with Crippen LogP contribution < -0.4 is 15.8 Å². The molecule has 0 spiro atoms. The molecule has 0 bridgehead atoms. The molecule has 2 atom stereocenters. The van der Waals surface area contributed by atoms with Gasteiger partial charge in [0.15, 0.2) is 6.04 Å². The Kier molecular flexibility index (Phi) is 13.6. The van der Waals surface area contributed by atoms with Gasteiger partial charge in [-0.25, -0.2) is 0 Å². The van der Waals surface area contributed by atoms with Gasteiger partial charge in [0.1, 0.15) is 5.75 Å². The molecule has 5 rings (SSSR count). The molecule has 0 saturated heterocycles. The number of hydrogen-bond donors (Lipinski definition) is 2. The first-order chi connectivity index (χ1) is 25.2. The molecular weight excluding hydrogens is 677 g/mol. The van der Waals surface area contributed by atoms with E-state index in [2.05, 4.69) is 5.32 Å². The van der Waals surface area contributed by atoms with E-state index in [4.69, 9.17) is 10.5 Å². The maximum atomic E-state index is 14.0. The highest BCUT2D eigenvalue weighted by molar-refractivity contribution is 7.99. The van der Waals surface area contributed by atoms with E-state index in [9.17, 15) is 24.0 Å². The third-order valence-corrected chi connectivity index (χ3v) is 10.4. The van der Waals surface area contributed by atoms with E-state index < -0.39 is 29.0 Å². The zero-order chi connectivity index (χ0) is 36.9. The van der Waals surface area contributed by atoms with Crippen LogP contribution in [0.1, 0.15) is 56.7 Å². The summed E-state index contributed by atoms with van der Waals surface area (Å²) in [6.45, 7) is 0.885. The van der Waals surface area contributed by atoms with Crippen LogP contribution >= 0.6 is 11.8 Å². The van der Waals surface area contributed by atoms with Crippen molar-refractivity contribution in [3.05, 3.63) is 137 Å². The van der Waals surface area contributed by atoms with E-state index in [-0.39, 0.29) is 18.4 Å². The monoisotopic (exact) mass is 720 g/mol. The average Bonchev–Trinajstić information content (AvgIpc) is 3.42. The summed E-state index contributed by atoms with van der Waals surface area (Å²) < 4.78 is 5.27. The molecule has 3 N–H and O–H groups in total. The third kappa shape index (κ3) is 10.1. The summed E-state index contributed by atoms with van der Waals surface area (Å²) in [5.74, 6) is -1.43. The number of nitrogens with two attached hydrogens (primary N) is 1. The van der Waals surface area contributed by atoms with Gasteiger partial charge >= 0.3 is 0 Å². The first kappa shape index (κ1) is 37.8. The average molecular weight is 721 g/mol. The lowest BCUT2D eigenvalue weighted by Crippen LogP contribution is -2.57. The summed E-state index contributed by atoms with van der Waals surface area (Å²) in [4.78, 5) is 69.3. The Morgan fingerprint density at radius 3 is 1.81 bits per heavy atom. The SMILES string of the molecule is COc1ccc(CS[C@@H](CCCCN2C(=O)c3ccccc3C2=O)C(=O)NC(C(N)=O)C(=O)N(CCc2ccccc2)CCc2ccccc2)cc1. The molecule has 1 aliphatic rings. The van der Waals surface area contributed by atoms with Gasteiger partial charge < -0.3 is 20.7 Å². The van der Waals surface area contributed by atoms with Crippen molar-refractivity contribution in [1.82, 2.24) is 15.1 Å². The van der Waals surface area contributed by atoms with Crippen LogP contribution in [-0.4, -0.2) is 77.4 Å². The smallest absolute Gasteiger partial charge is 0.261 e. The molecule has 270 valence electrons. The van der Waals surface area contributed by atoms with Crippen LogP contribution in [0, 0.1) is 0 Å². The lowest BCUT2D eigenvalue weighted by Gasteiger charge is -2.28. The van der Waals surface area contributed by atoms with E-state index in [1.54, 1.807) is 36.3 Å². The molecule has 4 aromatic rings. The zero-order valence-electron chi connectivity index (χ0n) is 29.2. The Hall–Kier alpha value is -5.42. The van der Waals surface area contributed by atoms with Gasteiger partial charge in [-0.1, -0.05) is 91.3 Å². The number of hydrogen-bond acceptors (Lipinski definition) is 7. The molecule has 0 radical (unpaired) electrons. The number of methoxy groups -OCH3 is 1.